The first-order valence-corrected chi connectivity index (χ1v) is 12.3. The normalized spacial score (nSPS) is 34.7. The number of hydrogen-bond acceptors (Lipinski definition) is 4. The van der Waals surface area contributed by atoms with Gasteiger partial charge in [-0.2, -0.15) is 0 Å². The van der Waals surface area contributed by atoms with E-state index in [1.165, 1.54) is 0 Å². The average molecular weight is 450 g/mol. The lowest BCUT2D eigenvalue weighted by Gasteiger charge is -2.33. The zero-order valence-electron chi connectivity index (χ0n) is 19.0. The van der Waals surface area contributed by atoms with Crippen molar-refractivity contribution in [3.63, 3.8) is 0 Å². The SMILES string of the molecule is Cc1ccc(CN2C(=O)[C@@H]3[C@H](C(=O)NC4CC4)[C@H]4C=C[C@@]3(O4)[C@H]2C(=O)NC2CCCC2)cc1. The van der Waals surface area contributed by atoms with Gasteiger partial charge in [0, 0.05) is 18.6 Å². The standard InChI is InChI=1S/C26H31N3O4/c1-15-6-8-16(9-7-15)14-29-22(24(31)28-17-4-2-3-5-17)26-13-12-19(33-26)20(21(26)25(29)32)23(30)27-18-10-11-18/h6-9,12-13,17-22H,2-5,10-11,14H2,1H3,(H,27,30)(H,28,31)/t19-,20-,21+,22-,26+/m1/s1. The Morgan fingerprint density at radius 3 is 2.39 bits per heavy atom. The predicted octanol–water partition coefficient (Wildman–Crippen LogP) is 1.98. The fourth-order valence-electron chi connectivity index (χ4n) is 6.20. The number of nitrogens with one attached hydrogen (secondary N) is 2. The summed E-state index contributed by atoms with van der Waals surface area (Å²) in [5, 5.41) is 6.26. The van der Waals surface area contributed by atoms with Gasteiger partial charge in [-0.15, -0.1) is 0 Å². The number of carbonyl (C=O) groups is 3. The van der Waals surface area contributed by atoms with Gasteiger partial charge in [0.15, 0.2) is 0 Å². The van der Waals surface area contributed by atoms with Crippen LogP contribution in [0.2, 0.25) is 0 Å². The third-order valence-electron chi connectivity index (χ3n) is 8.02. The van der Waals surface area contributed by atoms with Crippen LogP contribution in [0.25, 0.3) is 0 Å². The molecule has 3 amide bonds. The van der Waals surface area contributed by atoms with Gasteiger partial charge in [-0.05, 0) is 38.2 Å². The van der Waals surface area contributed by atoms with Crippen molar-refractivity contribution in [3.8, 4) is 0 Å². The molecule has 1 aromatic carbocycles. The van der Waals surface area contributed by atoms with Crippen LogP contribution in [0, 0.1) is 18.8 Å². The van der Waals surface area contributed by atoms with E-state index in [4.69, 9.17) is 4.74 Å². The van der Waals surface area contributed by atoms with Crippen molar-refractivity contribution < 1.29 is 19.1 Å². The molecule has 0 radical (unpaired) electrons. The Morgan fingerprint density at radius 1 is 1.03 bits per heavy atom. The second kappa shape index (κ2) is 7.69. The lowest BCUT2D eigenvalue weighted by Crippen LogP contribution is -2.55. The van der Waals surface area contributed by atoms with Crippen LogP contribution in [0.15, 0.2) is 36.4 Å². The highest BCUT2D eigenvalue weighted by Crippen LogP contribution is 2.55. The van der Waals surface area contributed by atoms with E-state index in [1.807, 2.05) is 43.3 Å². The fourth-order valence-corrected chi connectivity index (χ4v) is 6.20. The summed E-state index contributed by atoms with van der Waals surface area (Å²) >= 11 is 0. The number of aryl methyl sites for hydroxylation is 1. The molecule has 0 unspecified atom stereocenters. The number of benzene rings is 1. The van der Waals surface area contributed by atoms with Crippen LogP contribution in [0.4, 0.5) is 0 Å². The Balaban J connectivity index is 1.34. The van der Waals surface area contributed by atoms with Gasteiger partial charge < -0.3 is 20.3 Å². The minimum atomic E-state index is -1.08. The van der Waals surface area contributed by atoms with Crippen LogP contribution in [0.5, 0.6) is 0 Å². The molecule has 1 aromatic rings. The highest BCUT2D eigenvalue weighted by molar-refractivity contribution is 6.00. The summed E-state index contributed by atoms with van der Waals surface area (Å²) in [6.07, 6.45) is 9.42. The zero-order chi connectivity index (χ0) is 22.7. The highest BCUT2D eigenvalue weighted by Gasteiger charge is 2.72. The van der Waals surface area contributed by atoms with Crippen molar-refractivity contribution in [2.24, 2.45) is 11.8 Å². The Kier molecular flexibility index (Phi) is 4.87. The molecule has 2 N–H and O–H groups in total. The Bertz CT molecular complexity index is 1010. The number of amides is 3. The van der Waals surface area contributed by atoms with Gasteiger partial charge in [0.25, 0.3) is 0 Å². The molecule has 1 spiro atoms. The van der Waals surface area contributed by atoms with Crippen LogP contribution in [0.1, 0.15) is 49.7 Å². The van der Waals surface area contributed by atoms with Crippen molar-refractivity contribution in [3.05, 3.63) is 47.5 Å². The van der Waals surface area contributed by atoms with Crippen molar-refractivity contribution in [2.75, 3.05) is 0 Å². The monoisotopic (exact) mass is 449 g/mol. The third-order valence-corrected chi connectivity index (χ3v) is 8.02. The third kappa shape index (κ3) is 3.39. The lowest BCUT2D eigenvalue weighted by molar-refractivity contribution is -0.142. The summed E-state index contributed by atoms with van der Waals surface area (Å²) in [4.78, 5) is 42.3. The molecule has 4 fully saturated rings. The second-order valence-electron chi connectivity index (χ2n) is 10.4. The maximum atomic E-state index is 13.9. The summed E-state index contributed by atoms with van der Waals surface area (Å²) < 4.78 is 6.38. The van der Waals surface area contributed by atoms with Crippen LogP contribution < -0.4 is 10.6 Å². The smallest absolute Gasteiger partial charge is 0.246 e. The van der Waals surface area contributed by atoms with Crippen molar-refractivity contribution in [1.82, 2.24) is 15.5 Å². The van der Waals surface area contributed by atoms with Gasteiger partial charge in [0.1, 0.15) is 11.6 Å². The summed E-state index contributed by atoms with van der Waals surface area (Å²) in [6.45, 7) is 2.34. The lowest BCUT2D eigenvalue weighted by atomic mass is 9.74. The molecule has 7 heteroatoms. The molecule has 5 aliphatic rings. The molecule has 5 atom stereocenters. The van der Waals surface area contributed by atoms with E-state index >= 15 is 0 Å². The number of hydrogen-bond donors (Lipinski definition) is 2. The van der Waals surface area contributed by atoms with Gasteiger partial charge in [-0.3, -0.25) is 14.4 Å². The summed E-state index contributed by atoms with van der Waals surface area (Å²) in [6, 6.07) is 7.57. The van der Waals surface area contributed by atoms with Crippen LogP contribution in [-0.4, -0.2) is 52.5 Å². The molecular weight excluding hydrogens is 418 g/mol. The predicted molar refractivity (Wildman–Crippen MR) is 121 cm³/mol. The largest absolute Gasteiger partial charge is 0.359 e. The van der Waals surface area contributed by atoms with E-state index in [9.17, 15) is 14.4 Å². The number of carbonyl (C=O) groups excluding carboxylic acids is 3. The van der Waals surface area contributed by atoms with E-state index < -0.39 is 29.6 Å². The number of ether oxygens (including phenoxy) is 1. The molecule has 2 bridgehead atoms. The van der Waals surface area contributed by atoms with Crippen molar-refractivity contribution in [1.29, 1.82) is 0 Å². The quantitative estimate of drug-likeness (QED) is 0.650. The molecule has 7 nitrogen and oxygen atoms in total. The zero-order valence-corrected chi connectivity index (χ0v) is 19.0. The maximum Gasteiger partial charge on any atom is 0.246 e. The van der Waals surface area contributed by atoms with E-state index in [-0.39, 0.29) is 29.8 Å². The van der Waals surface area contributed by atoms with Crippen LogP contribution >= 0.6 is 0 Å². The van der Waals surface area contributed by atoms with E-state index in [1.54, 1.807) is 4.90 Å². The first-order valence-electron chi connectivity index (χ1n) is 12.3. The number of rotatable bonds is 6. The van der Waals surface area contributed by atoms with Crippen LogP contribution in [-0.2, 0) is 25.7 Å². The molecule has 2 saturated carbocycles. The number of nitrogens with zero attached hydrogens (tertiary/aromatic N) is 1. The molecule has 3 aliphatic heterocycles. The van der Waals surface area contributed by atoms with Gasteiger partial charge in [0.05, 0.1) is 17.9 Å². The highest BCUT2D eigenvalue weighted by atomic mass is 16.5. The second-order valence-corrected chi connectivity index (χ2v) is 10.4. The molecule has 2 aliphatic carbocycles. The summed E-state index contributed by atoms with van der Waals surface area (Å²) in [7, 11) is 0. The summed E-state index contributed by atoms with van der Waals surface area (Å²) in [5.41, 5.74) is 1.02. The molecule has 6 rings (SSSR count). The van der Waals surface area contributed by atoms with E-state index in [0.717, 1.165) is 49.7 Å². The van der Waals surface area contributed by atoms with E-state index in [0.29, 0.717) is 6.54 Å². The Hall–Kier alpha value is -2.67. The van der Waals surface area contributed by atoms with Gasteiger partial charge in [0.2, 0.25) is 17.7 Å². The van der Waals surface area contributed by atoms with Crippen molar-refractivity contribution in [2.45, 2.75) is 81.8 Å². The van der Waals surface area contributed by atoms with Gasteiger partial charge in [-0.25, -0.2) is 0 Å². The minimum absolute atomic E-state index is 0.126. The summed E-state index contributed by atoms with van der Waals surface area (Å²) in [5.74, 6) is -1.72. The topological polar surface area (TPSA) is 87.7 Å². The maximum absolute atomic E-state index is 13.9. The molecule has 2 saturated heterocycles. The molecule has 33 heavy (non-hydrogen) atoms. The Morgan fingerprint density at radius 2 is 1.70 bits per heavy atom. The number of likely N-dealkylation sites (tertiary alicyclic amines) is 1. The average Bonchev–Trinajstić information content (AvgIpc) is 3.15. The first kappa shape index (κ1) is 20.9. The molecule has 174 valence electrons. The van der Waals surface area contributed by atoms with Gasteiger partial charge >= 0.3 is 0 Å². The van der Waals surface area contributed by atoms with E-state index in [2.05, 4.69) is 10.6 Å². The van der Waals surface area contributed by atoms with Gasteiger partial charge in [-0.1, -0.05) is 54.8 Å². The minimum Gasteiger partial charge on any atom is -0.359 e. The van der Waals surface area contributed by atoms with Crippen molar-refractivity contribution >= 4 is 17.7 Å². The molecule has 0 aromatic heterocycles. The fraction of sp³-hybridized carbons (Fsp3) is 0.577. The Labute approximate surface area is 193 Å². The first-order chi connectivity index (χ1) is 16.0. The number of fused-ring (bicyclic) bond motifs is 1. The molecular formula is C26H31N3O4. The van der Waals surface area contributed by atoms with Crippen LogP contribution in [0.3, 0.4) is 0 Å². The molecule has 3 heterocycles.